The van der Waals surface area contributed by atoms with Gasteiger partial charge in [0.25, 0.3) is 0 Å². The molecule has 3 N–H and O–H groups in total. The summed E-state index contributed by atoms with van der Waals surface area (Å²) in [5, 5.41) is 0. The first-order valence-corrected chi connectivity index (χ1v) is 7.84. The average Bonchev–Trinajstić information content (AvgIpc) is 2.72. The van der Waals surface area contributed by atoms with Gasteiger partial charge in [0.1, 0.15) is 0 Å². The summed E-state index contributed by atoms with van der Waals surface area (Å²) in [6.45, 7) is 6.93. The monoisotopic (exact) mass is 273 g/mol. The van der Waals surface area contributed by atoms with Crippen molar-refractivity contribution in [3.8, 4) is 0 Å². The molecule has 0 saturated heterocycles. The van der Waals surface area contributed by atoms with E-state index in [1.807, 2.05) is 25.3 Å². The third kappa shape index (κ3) is 3.57. The van der Waals surface area contributed by atoms with Crippen LogP contribution in [0.15, 0.2) is 17.2 Å². The van der Waals surface area contributed by atoms with Crippen molar-refractivity contribution in [2.24, 2.45) is 5.73 Å². The molecule has 1 atom stereocenters. The minimum atomic E-state index is -3.43. The number of nitrogens with one attached hydrogen (secondary N) is 1. The van der Waals surface area contributed by atoms with E-state index in [9.17, 15) is 8.42 Å². The summed E-state index contributed by atoms with van der Waals surface area (Å²) in [5.74, 6) is 0. The Balaban J connectivity index is 2.94. The Hall–Kier alpha value is -0.850. The van der Waals surface area contributed by atoms with E-state index in [0.29, 0.717) is 18.0 Å². The third-order valence-electron chi connectivity index (χ3n) is 2.90. The lowest BCUT2D eigenvalue weighted by Crippen LogP contribution is -2.32. The normalized spacial score (nSPS) is 13.8. The van der Waals surface area contributed by atoms with Gasteiger partial charge in [-0.1, -0.05) is 13.3 Å². The largest absolute Gasteiger partial charge is 0.349 e. The van der Waals surface area contributed by atoms with Gasteiger partial charge in [-0.05, 0) is 26.3 Å². The molecule has 0 spiro atoms. The van der Waals surface area contributed by atoms with Gasteiger partial charge in [-0.2, -0.15) is 0 Å². The molecule has 1 rings (SSSR count). The van der Waals surface area contributed by atoms with Crippen molar-refractivity contribution in [1.82, 2.24) is 9.29 Å². The number of nitrogens with zero attached hydrogens (tertiary/aromatic N) is 1. The van der Waals surface area contributed by atoms with Crippen LogP contribution < -0.4 is 10.5 Å². The maximum Gasteiger partial charge on any atom is 0.242 e. The zero-order chi connectivity index (χ0) is 13.8. The maximum absolute atomic E-state index is 12.1. The summed E-state index contributed by atoms with van der Waals surface area (Å²) in [5.41, 5.74) is 6.43. The lowest BCUT2D eigenvalue weighted by molar-refractivity contribution is 0.543. The smallest absolute Gasteiger partial charge is 0.242 e. The van der Waals surface area contributed by atoms with Crippen LogP contribution >= 0.6 is 0 Å². The van der Waals surface area contributed by atoms with Crippen LogP contribution in [0.5, 0.6) is 0 Å². The fourth-order valence-corrected chi connectivity index (χ4v) is 3.30. The number of rotatable bonds is 7. The van der Waals surface area contributed by atoms with Crippen LogP contribution in [0.3, 0.4) is 0 Å². The summed E-state index contributed by atoms with van der Waals surface area (Å²) in [6, 6.07) is 1.59. The molecular formula is C12H23N3O2S. The van der Waals surface area contributed by atoms with E-state index in [1.54, 1.807) is 12.3 Å². The molecule has 0 aliphatic carbocycles. The molecule has 18 heavy (non-hydrogen) atoms. The molecule has 1 heterocycles. The van der Waals surface area contributed by atoms with Gasteiger partial charge in [-0.3, -0.25) is 0 Å². The van der Waals surface area contributed by atoms with Gasteiger partial charge in [0, 0.05) is 31.0 Å². The second kappa shape index (κ2) is 6.36. The second-order valence-electron chi connectivity index (χ2n) is 4.47. The van der Waals surface area contributed by atoms with E-state index >= 15 is 0 Å². The summed E-state index contributed by atoms with van der Waals surface area (Å²) in [6.07, 6.45) is 3.42. The Morgan fingerprint density at radius 1 is 1.44 bits per heavy atom. The van der Waals surface area contributed by atoms with E-state index in [4.69, 9.17) is 5.73 Å². The van der Waals surface area contributed by atoms with E-state index < -0.39 is 10.0 Å². The van der Waals surface area contributed by atoms with Gasteiger partial charge >= 0.3 is 0 Å². The highest BCUT2D eigenvalue weighted by Crippen LogP contribution is 2.15. The fourth-order valence-electron chi connectivity index (χ4n) is 1.96. The van der Waals surface area contributed by atoms with Crippen LogP contribution in [0.4, 0.5) is 0 Å². The number of aromatic nitrogens is 1. The van der Waals surface area contributed by atoms with Crippen molar-refractivity contribution >= 4 is 10.0 Å². The predicted octanol–water partition coefficient (Wildman–Crippen LogP) is 1.43. The van der Waals surface area contributed by atoms with Gasteiger partial charge in [0.2, 0.25) is 10.0 Å². The van der Waals surface area contributed by atoms with Crippen molar-refractivity contribution in [1.29, 1.82) is 0 Å². The Labute approximate surface area is 109 Å². The molecule has 0 aliphatic rings. The number of hydrogen-bond donors (Lipinski definition) is 2. The van der Waals surface area contributed by atoms with Crippen molar-refractivity contribution in [2.45, 2.75) is 57.6 Å². The molecule has 1 unspecified atom stereocenters. The number of hydrogen-bond acceptors (Lipinski definition) is 3. The summed E-state index contributed by atoms with van der Waals surface area (Å²) >= 11 is 0. The standard InChI is InChI=1S/C12H23N3O2S/c1-4-6-10(3)14-18(16,17)12-7-11(8-13)15(5-2)9-12/h7,9-10,14H,4-6,8,13H2,1-3H3. The summed E-state index contributed by atoms with van der Waals surface area (Å²) in [4.78, 5) is 0.299. The van der Waals surface area contributed by atoms with Gasteiger partial charge in [0.15, 0.2) is 0 Å². The molecule has 0 radical (unpaired) electrons. The van der Waals surface area contributed by atoms with Crippen LogP contribution in [0.1, 0.15) is 39.3 Å². The van der Waals surface area contributed by atoms with Crippen LogP contribution in [0.2, 0.25) is 0 Å². The number of sulfonamides is 1. The lowest BCUT2D eigenvalue weighted by Gasteiger charge is -2.12. The highest BCUT2D eigenvalue weighted by molar-refractivity contribution is 7.89. The highest BCUT2D eigenvalue weighted by atomic mass is 32.2. The third-order valence-corrected chi connectivity index (χ3v) is 4.46. The van der Waals surface area contributed by atoms with E-state index in [1.165, 1.54) is 0 Å². The van der Waals surface area contributed by atoms with Crippen molar-refractivity contribution in [2.75, 3.05) is 0 Å². The molecular weight excluding hydrogens is 250 g/mol. The first kappa shape index (κ1) is 15.2. The van der Waals surface area contributed by atoms with Crippen LogP contribution in [-0.4, -0.2) is 19.0 Å². The Morgan fingerprint density at radius 2 is 2.11 bits per heavy atom. The molecule has 5 nitrogen and oxygen atoms in total. The average molecular weight is 273 g/mol. The molecule has 0 fully saturated rings. The lowest BCUT2D eigenvalue weighted by atomic mass is 10.2. The van der Waals surface area contributed by atoms with Gasteiger partial charge in [-0.25, -0.2) is 13.1 Å². The van der Waals surface area contributed by atoms with Gasteiger partial charge in [0.05, 0.1) is 4.90 Å². The highest BCUT2D eigenvalue weighted by Gasteiger charge is 2.19. The van der Waals surface area contributed by atoms with Crippen molar-refractivity contribution in [3.05, 3.63) is 18.0 Å². The van der Waals surface area contributed by atoms with E-state index in [0.717, 1.165) is 18.5 Å². The number of aryl methyl sites for hydroxylation is 1. The Kier molecular flexibility index (Phi) is 5.37. The topological polar surface area (TPSA) is 77.1 Å². The first-order chi connectivity index (χ1) is 8.44. The quantitative estimate of drug-likeness (QED) is 0.789. The molecule has 0 saturated carbocycles. The van der Waals surface area contributed by atoms with Gasteiger partial charge < -0.3 is 10.3 Å². The summed E-state index contributed by atoms with van der Waals surface area (Å²) in [7, 11) is -3.43. The zero-order valence-electron chi connectivity index (χ0n) is 11.3. The molecule has 0 aromatic carbocycles. The predicted molar refractivity (Wildman–Crippen MR) is 72.7 cm³/mol. The van der Waals surface area contributed by atoms with E-state index in [-0.39, 0.29) is 6.04 Å². The minimum absolute atomic E-state index is 0.0497. The molecule has 104 valence electrons. The van der Waals surface area contributed by atoms with Crippen molar-refractivity contribution in [3.63, 3.8) is 0 Å². The minimum Gasteiger partial charge on any atom is -0.349 e. The summed E-state index contributed by atoms with van der Waals surface area (Å²) < 4.78 is 28.8. The van der Waals surface area contributed by atoms with Crippen LogP contribution in [0, 0.1) is 0 Å². The Morgan fingerprint density at radius 3 is 2.56 bits per heavy atom. The van der Waals surface area contributed by atoms with Crippen molar-refractivity contribution < 1.29 is 8.42 Å². The zero-order valence-corrected chi connectivity index (χ0v) is 12.1. The van der Waals surface area contributed by atoms with Crippen LogP contribution in [0.25, 0.3) is 0 Å². The molecule has 0 aliphatic heterocycles. The Bertz CT molecular complexity index is 458. The molecule has 6 heteroatoms. The van der Waals surface area contributed by atoms with E-state index in [2.05, 4.69) is 4.72 Å². The molecule has 0 amide bonds. The SMILES string of the molecule is CCCC(C)NS(=O)(=O)c1cc(CN)n(CC)c1. The fraction of sp³-hybridized carbons (Fsp3) is 0.667. The van der Waals surface area contributed by atoms with Crippen LogP contribution in [-0.2, 0) is 23.1 Å². The maximum atomic E-state index is 12.1. The first-order valence-electron chi connectivity index (χ1n) is 6.36. The molecule has 1 aromatic heterocycles. The molecule has 1 aromatic rings. The van der Waals surface area contributed by atoms with Gasteiger partial charge in [-0.15, -0.1) is 0 Å². The molecule has 0 bridgehead atoms. The second-order valence-corrected chi connectivity index (χ2v) is 6.18. The number of nitrogens with two attached hydrogens (primary N) is 1.